The van der Waals surface area contributed by atoms with Crippen molar-refractivity contribution >= 4 is 0 Å². The molecule has 0 unspecified atom stereocenters. The van der Waals surface area contributed by atoms with Crippen LogP contribution in [0.4, 0.5) is 4.39 Å². The number of nitrogens with zero attached hydrogens (tertiary/aromatic N) is 5. The summed E-state index contributed by atoms with van der Waals surface area (Å²) in [5.74, 6) is 0.566. The average Bonchev–Trinajstić information content (AvgIpc) is 3.19. The van der Waals surface area contributed by atoms with Crippen molar-refractivity contribution < 1.29 is 13.7 Å². The predicted molar refractivity (Wildman–Crippen MR) is 92.6 cm³/mol. The second-order valence-electron chi connectivity index (χ2n) is 6.67. The van der Waals surface area contributed by atoms with Crippen LogP contribution >= 0.6 is 0 Å². The summed E-state index contributed by atoms with van der Waals surface area (Å²) in [7, 11) is 5.64. The molecule has 26 heavy (non-hydrogen) atoms. The van der Waals surface area contributed by atoms with E-state index in [4.69, 9.17) is 9.26 Å². The number of aromatic nitrogens is 4. The molecule has 0 saturated carbocycles. The molecule has 0 N–H and O–H groups in total. The molecule has 2 aromatic heterocycles. The van der Waals surface area contributed by atoms with Gasteiger partial charge in [0.05, 0.1) is 18.9 Å². The Labute approximate surface area is 150 Å². The van der Waals surface area contributed by atoms with Gasteiger partial charge in [-0.2, -0.15) is 10.1 Å². The van der Waals surface area contributed by atoms with Crippen LogP contribution in [0, 0.1) is 5.82 Å². The van der Waals surface area contributed by atoms with E-state index < -0.39 is 0 Å². The fourth-order valence-corrected chi connectivity index (χ4v) is 3.20. The van der Waals surface area contributed by atoms with Crippen LogP contribution in [0.3, 0.4) is 0 Å². The summed E-state index contributed by atoms with van der Waals surface area (Å²) in [6, 6.07) is 4.85. The van der Waals surface area contributed by atoms with Crippen LogP contribution in [0.25, 0.3) is 23.0 Å². The van der Waals surface area contributed by atoms with Gasteiger partial charge in [-0.3, -0.25) is 4.68 Å². The highest BCUT2D eigenvalue weighted by atomic mass is 19.1. The van der Waals surface area contributed by atoms with Crippen LogP contribution < -0.4 is 0 Å². The van der Waals surface area contributed by atoms with E-state index in [0.29, 0.717) is 42.6 Å². The van der Waals surface area contributed by atoms with Crippen molar-refractivity contribution in [2.75, 3.05) is 20.7 Å². The first-order chi connectivity index (χ1) is 12.5. The number of hydrogen-bond donors (Lipinski definition) is 0. The summed E-state index contributed by atoms with van der Waals surface area (Å²) in [4.78, 5) is 6.42. The van der Waals surface area contributed by atoms with Gasteiger partial charge in [0.2, 0.25) is 5.82 Å². The van der Waals surface area contributed by atoms with Crippen molar-refractivity contribution in [2.45, 2.75) is 19.6 Å². The lowest BCUT2D eigenvalue weighted by Gasteiger charge is -2.11. The summed E-state index contributed by atoms with van der Waals surface area (Å²) in [6.07, 6.45) is 0.774. The molecule has 0 saturated heterocycles. The third-order valence-corrected chi connectivity index (χ3v) is 4.38. The molecule has 0 fully saturated rings. The van der Waals surface area contributed by atoms with E-state index in [1.807, 2.05) is 26.0 Å². The Kier molecular flexibility index (Phi) is 4.29. The van der Waals surface area contributed by atoms with Crippen LogP contribution in [0.2, 0.25) is 0 Å². The molecular formula is C18H20FN5O2. The number of fused-ring (bicyclic) bond motifs is 1. The first kappa shape index (κ1) is 16.9. The quantitative estimate of drug-likeness (QED) is 0.714. The van der Waals surface area contributed by atoms with Crippen molar-refractivity contribution in [3.63, 3.8) is 0 Å². The zero-order chi connectivity index (χ0) is 18.3. The molecule has 4 rings (SSSR count). The van der Waals surface area contributed by atoms with Gasteiger partial charge in [-0.05, 0) is 32.3 Å². The van der Waals surface area contributed by atoms with Gasteiger partial charge in [0.25, 0.3) is 5.89 Å². The van der Waals surface area contributed by atoms with E-state index in [0.717, 1.165) is 23.4 Å². The van der Waals surface area contributed by atoms with E-state index in [9.17, 15) is 4.39 Å². The molecule has 1 aromatic carbocycles. The lowest BCUT2D eigenvalue weighted by Crippen LogP contribution is -2.12. The van der Waals surface area contributed by atoms with E-state index in [1.165, 1.54) is 6.07 Å². The Hall–Kier alpha value is -2.58. The minimum atomic E-state index is -0.246. The SMILES string of the molecule is CN(C)Cc1cc(-c2noc(-c3c4c(nn3C)CCOC4)n2)ccc1F. The smallest absolute Gasteiger partial charge is 0.276 e. The molecule has 3 heterocycles. The zero-order valence-electron chi connectivity index (χ0n) is 15.0. The molecule has 0 aliphatic carbocycles. The summed E-state index contributed by atoms with van der Waals surface area (Å²) in [5.41, 5.74) is 4.06. The molecule has 0 amide bonds. The van der Waals surface area contributed by atoms with Crippen LogP contribution in [0.1, 0.15) is 16.8 Å². The maximum absolute atomic E-state index is 14.0. The standard InChI is InChI=1S/C18H20FN5O2/c1-23(2)9-12-8-11(4-5-14(12)19)17-20-18(26-22-17)16-13-10-25-7-6-15(13)21-24(16)3/h4-5,8H,6-7,9-10H2,1-3H3. The minimum Gasteiger partial charge on any atom is -0.376 e. The number of aryl methyl sites for hydroxylation is 1. The van der Waals surface area contributed by atoms with Crippen LogP contribution in [0.15, 0.2) is 22.7 Å². The van der Waals surface area contributed by atoms with Gasteiger partial charge in [0.15, 0.2) is 0 Å². The van der Waals surface area contributed by atoms with Gasteiger partial charge in [-0.15, -0.1) is 0 Å². The fourth-order valence-electron chi connectivity index (χ4n) is 3.20. The van der Waals surface area contributed by atoms with Gasteiger partial charge in [-0.25, -0.2) is 4.39 Å². The van der Waals surface area contributed by atoms with Crippen LogP contribution in [-0.2, 0) is 31.4 Å². The van der Waals surface area contributed by atoms with Gasteiger partial charge in [-0.1, -0.05) is 5.16 Å². The van der Waals surface area contributed by atoms with Gasteiger partial charge in [0, 0.05) is 36.7 Å². The number of rotatable bonds is 4. The van der Waals surface area contributed by atoms with Crippen molar-refractivity contribution in [1.82, 2.24) is 24.8 Å². The van der Waals surface area contributed by atoms with Gasteiger partial charge in [0.1, 0.15) is 11.5 Å². The normalized spacial score (nSPS) is 14.0. The molecule has 8 heteroatoms. The summed E-state index contributed by atoms with van der Waals surface area (Å²) < 4.78 is 26.8. The van der Waals surface area contributed by atoms with Crippen molar-refractivity contribution in [2.24, 2.45) is 7.05 Å². The molecule has 1 aliphatic heterocycles. The van der Waals surface area contributed by atoms with E-state index in [1.54, 1.807) is 16.8 Å². The largest absolute Gasteiger partial charge is 0.376 e. The number of benzene rings is 1. The highest BCUT2D eigenvalue weighted by molar-refractivity contribution is 5.61. The van der Waals surface area contributed by atoms with E-state index in [-0.39, 0.29) is 5.82 Å². The molecule has 0 atom stereocenters. The first-order valence-corrected chi connectivity index (χ1v) is 8.43. The van der Waals surface area contributed by atoms with Crippen LogP contribution in [-0.4, -0.2) is 45.5 Å². The maximum Gasteiger partial charge on any atom is 0.276 e. The Bertz CT molecular complexity index is 947. The Morgan fingerprint density at radius 2 is 2.15 bits per heavy atom. The Balaban J connectivity index is 1.70. The van der Waals surface area contributed by atoms with Crippen molar-refractivity contribution in [3.05, 3.63) is 40.8 Å². The van der Waals surface area contributed by atoms with Gasteiger partial charge >= 0.3 is 0 Å². The molecule has 136 valence electrons. The summed E-state index contributed by atoms with van der Waals surface area (Å²) >= 11 is 0. The number of halogens is 1. The lowest BCUT2D eigenvalue weighted by molar-refractivity contribution is 0.110. The number of hydrogen-bond acceptors (Lipinski definition) is 6. The lowest BCUT2D eigenvalue weighted by atomic mass is 10.1. The maximum atomic E-state index is 14.0. The summed E-state index contributed by atoms with van der Waals surface area (Å²) in [5, 5.41) is 8.60. The fraction of sp³-hybridized carbons (Fsp3) is 0.389. The van der Waals surface area contributed by atoms with Crippen LogP contribution in [0.5, 0.6) is 0 Å². The topological polar surface area (TPSA) is 69.2 Å². The second kappa shape index (κ2) is 6.62. The molecule has 7 nitrogen and oxygen atoms in total. The Morgan fingerprint density at radius 3 is 2.96 bits per heavy atom. The van der Waals surface area contributed by atoms with E-state index in [2.05, 4.69) is 15.2 Å². The van der Waals surface area contributed by atoms with Gasteiger partial charge < -0.3 is 14.2 Å². The molecule has 3 aromatic rings. The minimum absolute atomic E-state index is 0.246. The summed E-state index contributed by atoms with van der Waals surface area (Å²) in [6.45, 7) is 1.65. The molecule has 0 spiro atoms. The molecule has 1 aliphatic rings. The highest BCUT2D eigenvalue weighted by Crippen LogP contribution is 2.30. The first-order valence-electron chi connectivity index (χ1n) is 8.43. The average molecular weight is 357 g/mol. The molecular weight excluding hydrogens is 337 g/mol. The number of ether oxygens (including phenoxy) is 1. The predicted octanol–water partition coefficient (Wildman–Crippen LogP) is 2.41. The highest BCUT2D eigenvalue weighted by Gasteiger charge is 2.25. The van der Waals surface area contributed by atoms with E-state index >= 15 is 0 Å². The van der Waals surface area contributed by atoms with Crippen molar-refractivity contribution in [1.29, 1.82) is 0 Å². The third kappa shape index (κ3) is 3.02. The van der Waals surface area contributed by atoms with Crippen molar-refractivity contribution in [3.8, 4) is 23.0 Å². The second-order valence-corrected chi connectivity index (χ2v) is 6.67. The third-order valence-electron chi connectivity index (χ3n) is 4.38. The zero-order valence-corrected chi connectivity index (χ0v) is 15.0. The molecule has 0 radical (unpaired) electrons. The monoisotopic (exact) mass is 357 g/mol. The molecule has 0 bridgehead atoms. The Morgan fingerprint density at radius 1 is 1.31 bits per heavy atom.